The summed E-state index contributed by atoms with van der Waals surface area (Å²) in [5.74, 6) is -0.118. The van der Waals surface area contributed by atoms with Gasteiger partial charge in [-0.2, -0.15) is 0 Å². The lowest BCUT2D eigenvalue weighted by atomic mass is 10.1. The number of carbonyl (C=O) groups is 1. The summed E-state index contributed by atoms with van der Waals surface area (Å²) in [6.45, 7) is 2.73. The van der Waals surface area contributed by atoms with Crippen molar-refractivity contribution < 1.29 is 4.79 Å². The number of hydrogen-bond acceptors (Lipinski definition) is 3. The molecule has 0 aliphatic heterocycles. The largest absolute Gasteiger partial charge is 0.352 e. The maximum Gasteiger partial charge on any atom is 0.280 e. The molecule has 6 heteroatoms. The fourth-order valence-corrected chi connectivity index (χ4v) is 3.14. The predicted molar refractivity (Wildman–Crippen MR) is 106 cm³/mol. The van der Waals surface area contributed by atoms with E-state index < -0.39 is 0 Å². The number of amides is 1. The molecule has 2 N–H and O–H groups in total. The van der Waals surface area contributed by atoms with Crippen LogP contribution in [-0.2, 0) is 0 Å². The average molecular weight is 360 g/mol. The van der Waals surface area contributed by atoms with Gasteiger partial charge in [0.05, 0.1) is 22.1 Å². The summed E-state index contributed by atoms with van der Waals surface area (Å²) in [6, 6.07) is 14.7. The molecule has 0 unspecified atom stereocenters. The molecule has 4 rings (SSSR count). The van der Waals surface area contributed by atoms with Crippen LogP contribution in [-0.4, -0.2) is 27.2 Å². The molecule has 0 spiro atoms. The number of H-pyrrole nitrogens is 1. The Balaban J connectivity index is 1.83. The van der Waals surface area contributed by atoms with Crippen LogP contribution in [0.3, 0.4) is 0 Å². The third-order valence-corrected chi connectivity index (χ3v) is 4.62. The second kappa shape index (κ2) is 7.07. The first-order valence-electron chi connectivity index (χ1n) is 9.06. The zero-order valence-electron chi connectivity index (χ0n) is 15.0. The molecule has 0 radical (unpaired) electrons. The zero-order chi connectivity index (χ0) is 18.8. The molecule has 0 aliphatic carbocycles. The highest BCUT2D eigenvalue weighted by molar-refractivity contribution is 6.06. The minimum atomic E-state index is -0.164. The van der Waals surface area contributed by atoms with E-state index in [-0.39, 0.29) is 11.5 Å². The third-order valence-electron chi connectivity index (χ3n) is 4.62. The highest BCUT2D eigenvalue weighted by atomic mass is 16.1. The molecule has 0 aliphatic rings. The molecule has 27 heavy (non-hydrogen) atoms. The van der Waals surface area contributed by atoms with Gasteiger partial charge in [0.1, 0.15) is 0 Å². The number of benzene rings is 2. The van der Waals surface area contributed by atoms with Gasteiger partial charge in [-0.05, 0) is 36.8 Å². The van der Waals surface area contributed by atoms with E-state index in [0.29, 0.717) is 23.0 Å². The van der Waals surface area contributed by atoms with Gasteiger partial charge in [0.15, 0.2) is 0 Å². The van der Waals surface area contributed by atoms with Crippen LogP contribution in [0.4, 0.5) is 0 Å². The van der Waals surface area contributed by atoms with Gasteiger partial charge < -0.3 is 5.32 Å². The lowest BCUT2D eigenvalue weighted by Gasteiger charge is -2.06. The van der Waals surface area contributed by atoms with Crippen LogP contribution in [0.5, 0.6) is 0 Å². The Morgan fingerprint density at radius 2 is 1.96 bits per heavy atom. The van der Waals surface area contributed by atoms with E-state index in [2.05, 4.69) is 22.3 Å². The van der Waals surface area contributed by atoms with Gasteiger partial charge >= 0.3 is 0 Å². The molecule has 0 saturated carbocycles. The maximum atomic E-state index is 12.8. The molecule has 2 aromatic carbocycles. The number of nitrogens with zero attached hydrogens (tertiary/aromatic N) is 2. The van der Waals surface area contributed by atoms with Crippen molar-refractivity contribution >= 4 is 27.7 Å². The molecular formula is C21H20N4O2. The van der Waals surface area contributed by atoms with Crippen molar-refractivity contribution in [2.24, 2.45) is 0 Å². The molecule has 1 amide bonds. The number of aromatic amines is 1. The first kappa shape index (κ1) is 17.0. The van der Waals surface area contributed by atoms with Crippen LogP contribution in [0.2, 0.25) is 0 Å². The number of aromatic nitrogens is 3. The first-order chi connectivity index (χ1) is 13.2. The van der Waals surface area contributed by atoms with E-state index >= 15 is 0 Å². The smallest absolute Gasteiger partial charge is 0.280 e. The Bertz CT molecular complexity index is 1180. The summed E-state index contributed by atoms with van der Waals surface area (Å²) >= 11 is 0. The highest BCUT2D eigenvalue weighted by Gasteiger charge is 2.14. The SMILES string of the molecule is CCCCNC(=O)c1ccc2ncc3c(=O)n(-c4ccccc4)[nH]c3c2c1. The summed E-state index contributed by atoms with van der Waals surface area (Å²) in [4.78, 5) is 29.6. The fourth-order valence-electron chi connectivity index (χ4n) is 3.14. The van der Waals surface area contributed by atoms with E-state index in [1.165, 1.54) is 4.68 Å². The lowest BCUT2D eigenvalue weighted by molar-refractivity contribution is 0.0953. The van der Waals surface area contributed by atoms with E-state index in [0.717, 1.165) is 29.4 Å². The molecular weight excluding hydrogens is 340 g/mol. The second-order valence-electron chi connectivity index (χ2n) is 6.48. The fraction of sp³-hybridized carbons (Fsp3) is 0.190. The van der Waals surface area contributed by atoms with E-state index in [9.17, 15) is 9.59 Å². The van der Waals surface area contributed by atoms with Crippen molar-refractivity contribution in [3.63, 3.8) is 0 Å². The second-order valence-corrected chi connectivity index (χ2v) is 6.48. The summed E-state index contributed by atoms with van der Waals surface area (Å²) < 4.78 is 1.50. The Labute approximate surface area is 155 Å². The Morgan fingerprint density at radius 3 is 2.74 bits per heavy atom. The van der Waals surface area contributed by atoms with E-state index in [4.69, 9.17) is 0 Å². The number of rotatable bonds is 5. The number of carbonyl (C=O) groups excluding carboxylic acids is 1. The Kier molecular flexibility index (Phi) is 4.46. The molecule has 0 bridgehead atoms. The summed E-state index contributed by atoms with van der Waals surface area (Å²) in [7, 11) is 0. The standard InChI is InChI=1S/C21H20N4O2/c1-2-3-11-22-20(26)14-9-10-18-16(12-14)19-17(13-23-18)21(27)25(24-19)15-7-5-4-6-8-15/h4-10,12-13,24H,2-3,11H2,1H3,(H,22,26). The van der Waals surface area contributed by atoms with Crippen molar-refractivity contribution in [2.45, 2.75) is 19.8 Å². The van der Waals surface area contributed by atoms with Crippen LogP contribution in [0.15, 0.2) is 59.5 Å². The van der Waals surface area contributed by atoms with Crippen molar-refractivity contribution in [1.29, 1.82) is 0 Å². The molecule has 0 saturated heterocycles. The van der Waals surface area contributed by atoms with Crippen LogP contribution < -0.4 is 10.9 Å². The van der Waals surface area contributed by atoms with Gasteiger partial charge in [0.25, 0.3) is 11.5 Å². The number of nitrogens with one attached hydrogen (secondary N) is 2. The lowest BCUT2D eigenvalue weighted by Crippen LogP contribution is -2.24. The molecule has 2 heterocycles. The highest BCUT2D eigenvalue weighted by Crippen LogP contribution is 2.22. The van der Waals surface area contributed by atoms with Crippen molar-refractivity contribution in [3.05, 3.63) is 70.6 Å². The van der Waals surface area contributed by atoms with Gasteiger partial charge in [-0.25, -0.2) is 4.68 Å². The average Bonchev–Trinajstić information content (AvgIpc) is 3.05. The number of para-hydroxylation sites is 1. The van der Waals surface area contributed by atoms with Crippen molar-refractivity contribution in [1.82, 2.24) is 20.1 Å². The van der Waals surface area contributed by atoms with Gasteiger partial charge in [-0.15, -0.1) is 0 Å². The van der Waals surface area contributed by atoms with Gasteiger partial charge in [0.2, 0.25) is 0 Å². The minimum Gasteiger partial charge on any atom is -0.352 e. The normalized spacial score (nSPS) is 11.1. The van der Waals surface area contributed by atoms with Crippen molar-refractivity contribution in [3.8, 4) is 5.69 Å². The van der Waals surface area contributed by atoms with Gasteiger partial charge in [-0.1, -0.05) is 31.5 Å². The summed E-state index contributed by atoms with van der Waals surface area (Å²) in [6.07, 6.45) is 3.55. The third kappa shape index (κ3) is 3.10. The van der Waals surface area contributed by atoms with E-state index in [1.807, 2.05) is 36.4 Å². The quantitative estimate of drug-likeness (QED) is 0.535. The number of pyridine rings is 1. The molecule has 0 fully saturated rings. The topological polar surface area (TPSA) is 79.8 Å². The van der Waals surface area contributed by atoms with E-state index in [1.54, 1.807) is 18.3 Å². The number of hydrogen-bond donors (Lipinski definition) is 2. The monoisotopic (exact) mass is 360 g/mol. The number of unbranched alkanes of at least 4 members (excludes halogenated alkanes) is 1. The summed E-state index contributed by atoms with van der Waals surface area (Å²) in [5, 5.41) is 7.34. The maximum absolute atomic E-state index is 12.8. The molecule has 4 aromatic rings. The number of fused-ring (bicyclic) bond motifs is 3. The van der Waals surface area contributed by atoms with Crippen LogP contribution in [0.25, 0.3) is 27.5 Å². The van der Waals surface area contributed by atoms with Crippen LogP contribution in [0.1, 0.15) is 30.1 Å². The van der Waals surface area contributed by atoms with Crippen LogP contribution >= 0.6 is 0 Å². The molecule has 2 aromatic heterocycles. The molecule has 136 valence electrons. The first-order valence-corrected chi connectivity index (χ1v) is 9.06. The minimum absolute atomic E-state index is 0.118. The van der Waals surface area contributed by atoms with Gasteiger partial charge in [0, 0.05) is 23.7 Å². The Hall–Kier alpha value is -3.41. The molecule has 0 atom stereocenters. The van der Waals surface area contributed by atoms with Crippen molar-refractivity contribution in [2.75, 3.05) is 6.54 Å². The summed E-state index contributed by atoms with van der Waals surface area (Å²) in [5.41, 5.74) is 2.55. The van der Waals surface area contributed by atoms with Crippen LogP contribution in [0, 0.1) is 0 Å². The zero-order valence-corrected chi connectivity index (χ0v) is 15.0. The van der Waals surface area contributed by atoms with Gasteiger partial charge in [-0.3, -0.25) is 19.7 Å². The Morgan fingerprint density at radius 1 is 1.15 bits per heavy atom. The molecule has 6 nitrogen and oxygen atoms in total. The predicted octanol–water partition coefficient (Wildman–Crippen LogP) is 3.40.